The van der Waals surface area contributed by atoms with Crippen LogP contribution in [0.2, 0.25) is 0 Å². The van der Waals surface area contributed by atoms with Crippen LogP contribution in [0, 0.1) is 0 Å². The van der Waals surface area contributed by atoms with Crippen molar-refractivity contribution in [2.45, 2.75) is 10.1 Å². The number of hydrogen-bond donors (Lipinski definition) is 0. The highest BCUT2D eigenvalue weighted by Gasteiger charge is 2.48. The summed E-state index contributed by atoms with van der Waals surface area (Å²) in [6, 6.07) is 13.7. The Morgan fingerprint density at radius 2 is 1.54 bits per heavy atom. The van der Waals surface area contributed by atoms with Gasteiger partial charge in [0.05, 0.1) is 4.90 Å². The van der Waals surface area contributed by atoms with E-state index >= 15 is 0 Å². The topological polar surface area (TPSA) is 105 Å². The first kappa shape index (κ1) is 16.3. The fraction of sp³-hybridized carbons (Fsp3) is 0.0625. The highest BCUT2D eigenvalue weighted by Crippen LogP contribution is 2.36. The number of fused-ring (bicyclic) bond motifs is 1. The van der Waals surface area contributed by atoms with Gasteiger partial charge in [-0.2, -0.15) is 0 Å². The van der Waals surface area contributed by atoms with Crippen molar-refractivity contribution in [3.05, 3.63) is 77.3 Å². The van der Waals surface area contributed by atoms with Crippen molar-refractivity contribution in [2.24, 2.45) is 0 Å². The Hall–Kier alpha value is -2.54. The quantitative estimate of drug-likeness (QED) is 0.354. The molecule has 0 N–H and O–H groups in total. The molecule has 122 valence electrons. The van der Waals surface area contributed by atoms with Crippen LogP contribution in [-0.4, -0.2) is 26.0 Å². The fourth-order valence-corrected chi connectivity index (χ4v) is 6.37. The van der Waals surface area contributed by atoms with Crippen LogP contribution < -0.4 is 0 Å². The maximum atomic E-state index is 12.8. The van der Waals surface area contributed by atoms with Gasteiger partial charge in [0.25, 0.3) is 19.7 Å². The first-order valence-corrected chi connectivity index (χ1v) is 9.95. The number of hydrogen-bond acceptors (Lipinski definition) is 4. The molecule has 0 fully saturated rings. The third-order valence-electron chi connectivity index (χ3n) is 3.70. The fourth-order valence-electron chi connectivity index (χ4n) is 2.56. The van der Waals surface area contributed by atoms with Crippen LogP contribution in [-0.2, 0) is 19.7 Å². The molecule has 1 aliphatic rings. The lowest BCUT2D eigenvalue weighted by atomic mass is 10.1. The van der Waals surface area contributed by atoms with Gasteiger partial charge >= 0.3 is 4.38 Å². The zero-order valence-electron chi connectivity index (χ0n) is 12.3. The minimum Gasteiger partial charge on any atom is -0.359 e. The Balaban J connectivity index is 2.14. The molecule has 0 spiro atoms. The molecule has 0 saturated carbocycles. The molecule has 2 aromatic carbocycles. The van der Waals surface area contributed by atoms with E-state index in [4.69, 9.17) is 0 Å². The van der Waals surface area contributed by atoms with Gasteiger partial charge in [-0.25, -0.2) is 16.8 Å². The predicted molar refractivity (Wildman–Crippen MR) is 89.4 cm³/mol. The molecule has 8 heteroatoms. The number of rotatable bonds is 2. The SMILES string of the molecule is [N-]=[N+]=C(S(=O)(=O)c1ccccc1)S(=O)(=O)C1C=Cc2ccccc21. The summed E-state index contributed by atoms with van der Waals surface area (Å²) in [4.78, 5) is 2.38. The van der Waals surface area contributed by atoms with Gasteiger partial charge in [0.1, 0.15) is 5.25 Å². The summed E-state index contributed by atoms with van der Waals surface area (Å²) in [6.07, 6.45) is 2.98. The van der Waals surface area contributed by atoms with Gasteiger partial charge in [0.2, 0.25) is 0 Å². The molecule has 0 radical (unpaired) electrons. The Labute approximate surface area is 139 Å². The van der Waals surface area contributed by atoms with E-state index in [9.17, 15) is 22.4 Å². The maximum absolute atomic E-state index is 12.8. The lowest BCUT2D eigenvalue weighted by molar-refractivity contribution is 0.00376. The van der Waals surface area contributed by atoms with Crippen molar-refractivity contribution in [1.82, 2.24) is 0 Å². The van der Waals surface area contributed by atoms with E-state index in [2.05, 4.69) is 4.79 Å². The second kappa shape index (κ2) is 5.83. The first-order chi connectivity index (χ1) is 11.4. The Bertz CT molecular complexity index is 1080. The number of sulfone groups is 2. The minimum atomic E-state index is -4.47. The molecule has 3 rings (SSSR count). The summed E-state index contributed by atoms with van der Waals surface area (Å²) in [7, 11) is -8.92. The monoisotopic (exact) mass is 360 g/mol. The lowest BCUT2D eigenvalue weighted by Crippen LogP contribution is -2.29. The van der Waals surface area contributed by atoms with Gasteiger partial charge in [0, 0.05) is 0 Å². The van der Waals surface area contributed by atoms with Crippen LogP contribution in [0.4, 0.5) is 0 Å². The molecule has 1 unspecified atom stereocenters. The average Bonchev–Trinajstić information content (AvgIpc) is 3.00. The molecular weight excluding hydrogens is 348 g/mol. The van der Waals surface area contributed by atoms with Crippen LogP contribution in [0.1, 0.15) is 16.4 Å². The Morgan fingerprint density at radius 3 is 2.21 bits per heavy atom. The summed E-state index contributed by atoms with van der Waals surface area (Å²) in [6.45, 7) is 0. The van der Waals surface area contributed by atoms with Crippen LogP contribution in [0.25, 0.3) is 11.6 Å². The second-order valence-electron chi connectivity index (χ2n) is 5.14. The third kappa shape index (κ3) is 2.50. The molecule has 0 aromatic heterocycles. The van der Waals surface area contributed by atoms with E-state index in [1.807, 2.05) is 0 Å². The van der Waals surface area contributed by atoms with Gasteiger partial charge in [-0.3, -0.25) is 0 Å². The van der Waals surface area contributed by atoms with E-state index in [0.29, 0.717) is 11.1 Å². The van der Waals surface area contributed by atoms with Crippen molar-refractivity contribution in [3.8, 4) is 0 Å². The summed E-state index contributed by atoms with van der Waals surface area (Å²) >= 11 is 0. The smallest absolute Gasteiger partial charge is 0.359 e. The van der Waals surface area contributed by atoms with Crippen molar-refractivity contribution in [3.63, 3.8) is 0 Å². The van der Waals surface area contributed by atoms with E-state index in [-0.39, 0.29) is 4.90 Å². The van der Waals surface area contributed by atoms with Gasteiger partial charge in [-0.1, -0.05) is 54.6 Å². The van der Waals surface area contributed by atoms with E-state index in [1.54, 1.807) is 36.4 Å². The first-order valence-electron chi connectivity index (χ1n) is 6.92. The third-order valence-corrected chi connectivity index (χ3v) is 8.13. The summed E-state index contributed by atoms with van der Waals surface area (Å²) in [5.74, 6) is 0. The largest absolute Gasteiger partial charge is 0.500 e. The van der Waals surface area contributed by atoms with Gasteiger partial charge in [-0.05, 0) is 23.3 Å². The molecule has 0 amide bonds. The average molecular weight is 360 g/mol. The van der Waals surface area contributed by atoms with E-state index in [1.165, 1.54) is 30.3 Å². The van der Waals surface area contributed by atoms with Gasteiger partial charge in [-0.15, -0.1) is 4.79 Å². The maximum Gasteiger partial charge on any atom is 0.500 e. The Morgan fingerprint density at radius 1 is 0.917 bits per heavy atom. The standard InChI is InChI=1S/C16H12N2O4S2/c17-18-16(23(19,20)13-7-2-1-3-8-13)24(21,22)15-11-10-12-6-4-5-9-14(12)15/h1-11,15H. The van der Waals surface area contributed by atoms with Crippen LogP contribution in [0.15, 0.2) is 65.6 Å². The molecule has 24 heavy (non-hydrogen) atoms. The second-order valence-corrected chi connectivity index (χ2v) is 9.24. The summed E-state index contributed by atoms with van der Waals surface area (Å²) < 4.78 is 49.6. The molecule has 6 nitrogen and oxygen atoms in total. The van der Waals surface area contributed by atoms with Crippen molar-refractivity contribution < 1.29 is 21.6 Å². The zero-order chi connectivity index (χ0) is 17.4. The molecule has 0 saturated heterocycles. The van der Waals surface area contributed by atoms with Gasteiger partial charge in [0.15, 0.2) is 0 Å². The normalized spacial score (nSPS) is 16.4. The molecular formula is C16H12N2O4S2. The lowest BCUT2D eigenvalue weighted by Gasteiger charge is -2.09. The summed E-state index contributed by atoms with van der Waals surface area (Å²) in [5.41, 5.74) is 10.3. The molecule has 0 heterocycles. The van der Waals surface area contributed by atoms with E-state index < -0.39 is 29.3 Å². The predicted octanol–water partition coefficient (Wildman–Crippen LogP) is 2.23. The van der Waals surface area contributed by atoms with E-state index in [0.717, 1.165) is 0 Å². The van der Waals surface area contributed by atoms with Crippen molar-refractivity contribution >= 4 is 30.1 Å². The van der Waals surface area contributed by atoms with Crippen molar-refractivity contribution in [2.75, 3.05) is 0 Å². The van der Waals surface area contributed by atoms with Gasteiger partial charge < -0.3 is 5.53 Å². The Kier molecular flexibility index (Phi) is 3.96. The number of benzene rings is 2. The van der Waals surface area contributed by atoms with Crippen LogP contribution >= 0.6 is 0 Å². The molecule has 2 aromatic rings. The molecule has 1 aliphatic carbocycles. The van der Waals surface area contributed by atoms with Crippen LogP contribution in [0.5, 0.6) is 0 Å². The highest BCUT2D eigenvalue weighted by molar-refractivity contribution is 8.31. The minimum absolute atomic E-state index is 0.253. The van der Waals surface area contributed by atoms with Crippen molar-refractivity contribution in [1.29, 1.82) is 0 Å². The summed E-state index contributed by atoms with van der Waals surface area (Å²) in [5, 5.41) is -1.21. The molecule has 1 atom stereocenters. The molecule has 0 bridgehead atoms. The zero-order valence-corrected chi connectivity index (χ0v) is 13.9. The number of nitrogens with zero attached hydrogens (tertiary/aromatic N) is 2. The van der Waals surface area contributed by atoms with Crippen LogP contribution in [0.3, 0.4) is 0 Å². The molecule has 0 aliphatic heterocycles. The highest BCUT2D eigenvalue weighted by atomic mass is 32.3.